The third-order valence-corrected chi connectivity index (χ3v) is 10.7. The van der Waals surface area contributed by atoms with Crippen molar-refractivity contribution < 1.29 is 31.4 Å². The molecule has 3 nitrogen and oxygen atoms in total. The first-order valence-corrected chi connectivity index (χ1v) is 12.2. The van der Waals surface area contributed by atoms with E-state index in [0.29, 0.717) is 17.9 Å². The molecule has 0 bridgehead atoms. The zero-order valence-electron chi connectivity index (χ0n) is 15.6. The molecule has 1 fully saturated rings. The van der Waals surface area contributed by atoms with Crippen LogP contribution in [0.3, 0.4) is 0 Å². The van der Waals surface area contributed by atoms with E-state index in [1.807, 2.05) is 6.07 Å². The molecule has 1 aliphatic carbocycles. The van der Waals surface area contributed by atoms with Crippen LogP contribution in [0.2, 0.25) is 0 Å². The SMILES string of the molecule is C[C@H]1CC[C@@H](NCl)C(C)(C)[I-]CC[C@@]2(C)c3c(O)cc(O)cc3C[C@H]12. The summed E-state index contributed by atoms with van der Waals surface area (Å²) in [5.74, 6) is 1.52. The number of rotatable bonds is 1. The normalized spacial score (nSPS) is 35.3. The van der Waals surface area contributed by atoms with Crippen molar-refractivity contribution in [1.82, 2.24) is 4.84 Å². The first-order valence-electron chi connectivity index (χ1n) is 9.21. The molecule has 25 heavy (non-hydrogen) atoms. The van der Waals surface area contributed by atoms with Crippen LogP contribution in [0.25, 0.3) is 0 Å². The summed E-state index contributed by atoms with van der Waals surface area (Å²) in [6, 6.07) is 3.75. The Kier molecular flexibility index (Phi) is 5.54. The summed E-state index contributed by atoms with van der Waals surface area (Å²) in [5.41, 5.74) is 2.24. The predicted molar refractivity (Wildman–Crippen MR) is 99.1 cm³/mol. The van der Waals surface area contributed by atoms with E-state index in [0.717, 1.165) is 36.8 Å². The van der Waals surface area contributed by atoms with Crippen LogP contribution in [-0.4, -0.2) is 24.1 Å². The molecular weight excluding hydrogens is 449 g/mol. The number of fused-ring (bicyclic) bond motifs is 3. The Hall–Kier alpha value is -0.200. The number of aromatic hydroxyl groups is 2. The summed E-state index contributed by atoms with van der Waals surface area (Å²) < 4.78 is 1.49. The molecule has 3 N–H and O–H groups in total. The van der Waals surface area contributed by atoms with E-state index in [-0.39, 0.29) is 41.5 Å². The molecule has 0 aromatic heterocycles. The quantitative estimate of drug-likeness (QED) is 0.324. The molecule has 3 rings (SSSR count). The average Bonchev–Trinajstić information content (AvgIpc) is 2.79. The van der Waals surface area contributed by atoms with Gasteiger partial charge in [0.2, 0.25) is 0 Å². The van der Waals surface area contributed by atoms with Gasteiger partial charge in [-0.25, -0.2) is 0 Å². The molecule has 0 unspecified atom stereocenters. The number of hydrogen-bond donors (Lipinski definition) is 3. The second-order valence-corrected chi connectivity index (χ2v) is 13.4. The van der Waals surface area contributed by atoms with Gasteiger partial charge < -0.3 is 0 Å². The Morgan fingerprint density at radius 1 is 1.20 bits per heavy atom. The van der Waals surface area contributed by atoms with Gasteiger partial charge in [0, 0.05) is 0 Å². The summed E-state index contributed by atoms with van der Waals surface area (Å²) in [5, 5.41) is 20.5. The van der Waals surface area contributed by atoms with Crippen LogP contribution in [0.4, 0.5) is 0 Å². The molecule has 4 atom stereocenters. The molecule has 1 heterocycles. The summed E-state index contributed by atoms with van der Waals surface area (Å²) in [6.07, 6.45) is 4.30. The predicted octanol–water partition coefficient (Wildman–Crippen LogP) is 1.33. The zero-order valence-corrected chi connectivity index (χ0v) is 18.5. The van der Waals surface area contributed by atoms with E-state index in [1.54, 1.807) is 0 Å². The van der Waals surface area contributed by atoms with Gasteiger partial charge in [0.15, 0.2) is 0 Å². The van der Waals surface area contributed by atoms with Crippen molar-refractivity contribution in [3.63, 3.8) is 0 Å². The Balaban J connectivity index is 1.98. The maximum atomic E-state index is 10.6. The molecule has 1 aromatic carbocycles. The molecule has 0 amide bonds. The monoisotopic (exact) mass is 478 g/mol. The van der Waals surface area contributed by atoms with Gasteiger partial charge in [-0.05, 0) is 0 Å². The van der Waals surface area contributed by atoms with Crippen LogP contribution in [0, 0.1) is 11.8 Å². The fraction of sp³-hybridized carbons (Fsp3) is 0.700. The van der Waals surface area contributed by atoms with Crippen LogP contribution in [0.15, 0.2) is 12.1 Å². The summed E-state index contributed by atoms with van der Waals surface area (Å²) in [4.78, 5) is 3.06. The molecule has 1 saturated heterocycles. The van der Waals surface area contributed by atoms with Crippen LogP contribution in [0.5, 0.6) is 11.5 Å². The molecule has 1 aromatic rings. The van der Waals surface area contributed by atoms with Gasteiger partial charge in [-0.1, -0.05) is 0 Å². The van der Waals surface area contributed by atoms with Crippen molar-refractivity contribution >= 4 is 11.8 Å². The molecule has 0 saturated carbocycles. The Morgan fingerprint density at radius 3 is 2.60 bits per heavy atom. The van der Waals surface area contributed by atoms with E-state index < -0.39 is 0 Å². The first-order chi connectivity index (χ1) is 11.7. The fourth-order valence-electron chi connectivity index (χ4n) is 5.02. The van der Waals surface area contributed by atoms with Gasteiger partial charge in [0.25, 0.3) is 0 Å². The molecule has 0 spiro atoms. The van der Waals surface area contributed by atoms with Crippen LogP contribution in [0.1, 0.15) is 58.1 Å². The Labute approximate surface area is 166 Å². The summed E-state index contributed by atoms with van der Waals surface area (Å²) in [6.45, 7) is 9.39. The molecular formula is C20H30ClINO2-. The number of alkyl halides is 2. The first kappa shape index (κ1) is 19.6. The van der Waals surface area contributed by atoms with Crippen molar-refractivity contribution in [2.24, 2.45) is 11.8 Å². The van der Waals surface area contributed by atoms with Gasteiger partial charge in [-0.3, -0.25) is 0 Å². The molecule has 2 aliphatic rings. The van der Waals surface area contributed by atoms with Crippen molar-refractivity contribution in [2.45, 2.75) is 68.3 Å². The number of phenols is 2. The topological polar surface area (TPSA) is 52.5 Å². The van der Waals surface area contributed by atoms with E-state index in [9.17, 15) is 10.2 Å². The standard InChI is InChI=1S/C20H30ClINO2/c1-12-5-6-17(23-21)19(2,3)22-8-7-20(4)15(12)10-13-9-14(24)11-16(25)18(13)20/h9,11-12,15,17,23-25H,5-8,10H2,1-4H3/q-1/t12-,15+,17+,20+/m0/s1. The summed E-state index contributed by atoms with van der Waals surface area (Å²) >= 11 is 6.08. The van der Waals surface area contributed by atoms with E-state index in [4.69, 9.17) is 11.8 Å². The summed E-state index contributed by atoms with van der Waals surface area (Å²) in [7, 11) is 0. The fourth-order valence-corrected chi connectivity index (χ4v) is 9.36. The Morgan fingerprint density at radius 2 is 1.92 bits per heavy atom. The number of hydrogen-bond acceptors (Lipinski definition) is 3. The van der Waals surface area contributed by atoms with E-state index in [2.05, 4.69) is 32.5 Å². The second-order valence-electron chi connectivity index (χ2n) is 8.58. The van der Waals surface area contributed by atoms with Crippen molar-refractivity contribution in [2.75, 3.05) is 4.43 Å². The second kappa shape index (κ2) is 7.08. The van der Waals surface area contributed by atoms with Gasteiger partial charge in [-0.2, -0.15) is 0 Å². The average molecular weight is 479 g/mol. The van der Waals surface area contributed by atoms with Crippen LogP contribution in [-0.2, 0) is 11.8 Å². The maximum absolute atomic E-state index is 10.6. The van der Waals surface area contributed by atoms with Crippen molar-refractivity contribution in [3.05, 3.63) is 23.3 Å². The minimum absolute atomic E-state index is 0.00353. The minimum atomic E-state index is -0.00982. The molecule has 1 aliphatic heterocycles. The molecule has 142 valence electrons. The van der Waals surface area contributed by atoms with Gasteiger partial charge in [0.05, 0.1) is 0 Å². The van der Waals surface area contributed by atoms with Gasteiger partial charge >= 0.3 is 167 Å². The zero-order chi connectivity index (χ0) is 18.4. The third-order valence-electron chi connectivity index (χ3n) is 6.62. The van der Waals surface area contributed by atoms with Gasteiger partial charge in [0.1, 0.15) is 0 Å². The Bertz CT molecular complexity index is 651. The number of nitrogens with one attached hydrogen (secondary N) is 1. The van der Waals surface area contributed by atoms with Crippen LogP contribution >= 0.6 is 11.8 Å². The molecule has 0 radical (unpaired) electrons. The number of benzene rings is 1. The van der Waals surface area contributed by atoms with E-state index in [1.165, 1.54) is 10.5 Å². The van der Waals surface area contributed by atoms with Gasteiger partial charge in [-0.15, -0.1) is 0 Å². The molecule has 5 heteroatoms. The van der Waals surface area contributed by atoms with Crippen molar-refractivity contribution in [1.29, 1.82) is 0 Å². The van der Waals surface area contributed by atoms with Crippen LogP contribution < -0.4 is 26.0 Å². The van der Waals surface area contributed by atoms with Crippen molar-refractivity contribution in [3.8, 4) is 11.5 Å². The third kappa shape index (κ3) is 3.51. The number of phenolic OH excluding ortho intramolecular Hbond substituents is 2. The van der Waals surface area contributed by atoms with E-state index >= 15 is 0 Å². The number of halogens is 2.